The molecule has 0 spiro atoms. The van der Waals surface area contributed by atoms with Crippen LogP contribution in [0.15, 0.2) is 24.3 Å². The molecule has 1 N–H and O–H groups in total. The molecule has 0 fully saturated rings. The van der Waals surface area contributed by atoms with Crippen LogP contribution in [-0.2, 0) is 11.3 Å². The van der Waals surface area contributed by atoms with Crippen LogP contribution in [0.5, 0.6) is 0 Å². The van der Waals surface area contributed by atoms with E-state index >= 15 is 0 Å². The molecule has 1 aromatic rings. The standard InChI is InChI=1S/C13H18N2O2/c1-14-8-9-15(7-6-13(16)17)10-11-4-2-3-5-12(11)14/h2-5H,6-10H2,1H3,(H,16,17). The molecule has 17 heavy (non-hydrogen) atoms. The lowest BCUT2D eigenvalue weighted by Crippen LogP contribution is -2.30. The Kier molecular flexibility index (Phi) is 3.64. The zero-order valence-electron chi connectivity index (χ0n) is 10.1. The number of benzene rings is 1. The van der Waals surface area contributed by atoms with E-state index in [9.17, 15) is 4.79 Å². The SMILES string of the molecule is CN1CCN(CCC(=O)O)Cc2ccccc21. The van der Waals surface area contributed by atoms with Gasteiger partial charge in [0.05, 0.1) is 6.42 Å². The lowest BCUT2D eigenvalue weighted by atomic mass is 10.1. The largest absolute Gasteiger partial charge is 0.481 e. The molecule has 0 amide bonds. The summed E-state index contributed by atoms with van der Waals surface area (Å²) in [5, 5.41) is 8.72. The van der Waals surface area contributed by atoms with Gasteiger partial charge in [-0.3, -0.25) is 9.69 Å². The predicted molar refractivity (Wildman–Crippen MR) is 67.2 cm³/mol. The van der Waals surface area contributed by atoms with Crippen molar-refractivity contribution in [1.82, 2.24) is 4.90 Å². The summed E-state index contributed by atoms with van der Waals surface area (Å²) in [6, 6.07) is 8.32. The molecule has 92 valence electrons. The highest BCUT2D eigenvalue weighted by atomic mass is 16.4. The highest BCUT2D eigenvalue weighted by molar-refractivity contribution is 5.66. The quantitative estimate of drug-likeness (QED) is 0.859. The van der Waals surface area contributed by atoms with Crippen LogP contribution >= 0.6 is 0 Å². The van der Waals surface area contributed by atoms with Crippen molar-refractivity contribution in [3.8, 4) is 0 Å². The van der Waals surface area contributed by atoms with Gasteiger partial charge in [0.15, 0.2) is 0 Å². The monoisotopic (exact) mass is 234 g/mol. The second-order valence-electron chi connectivity index (χ2n) is 4.47. The minimum absolute atomic E-state index is 0.214. The van der Waals surface area contributed by atoms with Crippen LogP contribution in [0.25, 0.3) is 0 Å². The first-order valence-electron chi connectivity index (χ1n) is 5.90. The number of carbonyl (C=O) groups is 1. The Bertz CT molecular complexity index is 406. The minimum atomic E-state index is -0.726. The number of fused-ring (bicyclic) bond motifs is 1. The number of carboxylic acid groups (broad SMARTS) is 1. The van der Waals surface area contributed by atoms with E-state index in [2.05, 4.69) is 29.0 Å². The zero-order chi connectivity index (χ0) is 12.3. The highest BCUT2D eigenvalue weighted by Crippen LogP contribution is 2.23. The molecule has 0 aromatic heterocycles. The van der Waals surface area contributed by atoms with Gasteiger partial charge in [0.2, 0.25) is 0 Å². The Hall–Kier alpha value is -1.55. The number of rotatable bonds is 3. The minimum Gasteiger partial charge on any atom is -0.481 e. The van der Waals surface area contributed by atoms with Crippen molar-refractivity contribution in [1.29, 1.82) is 0 Å². The van der Waals surface area contributed by atoms with E-state index in [0.717, 1.165) is 19.6 Å². The second kappa shape index (κ2) is 5.19. The van der Waals surface area contributed by atoms with Gasteiger partial charge in [0.1, 0.15) is 0 Å². The maximum Gasteiger partial charge on any atom is 0.304 e. The summed E-state index contributed by atoms with van der Waals surface area (Å²) < 4.78 is 0. The van der Waals surface area contributed by atoms with E-state index in [0.29, 0.717) is 6.54 Å². The average molecular weight is 234 g/mol. The van der Waals surface area contributed by atoms with Crippen LogP contribution in [0.3, 0.4) is 0 Å². The van der Waals surface area contributed by atoms with Crippen LogP contribution < -0.4 is 4.90 Å². The van der Waals surface area contributed by atoms with Crippen molar-refractivity contribution < 1.29 is 9.90 Å². The Morgan fingerprint density at radius 2 is 2.12 bits per heavy atom. The Morgan fingerprint density at radius 1 is 1.35 bits per heavy atom. The molecule has 4 heteroatoms. The van der Waals surface area contributed by atoms with Crippen molar-refractivity contribution in [2.24, 2.45) is 0 Å². The topological polar surface area (TPSA) is 43.8 Å². The van der Waals surface area contributed by atoms with Crippen molar-refractivity contribution in [2.75, 3.05) is 31.6 Å². The molecular weight excluding hydrogens is 216 g/mol. The fourth-order valence-electron chi connectivity index (χ4n) is 2.19. The molecule has 0 aliphatic carbocycles. The average Bonchev–Trinajstić information content (AvgIpc) is 2.47. The molecule has 2 rings (SSSR count). The summed E-state index contributed by atoms with van der Waals surface area (Å²) in [7, 11) is 2.08. The number of para-hydroxylation sites is 1. The first kappa shape index (κ1) is 11.9. The van der Waals surface area contributed by atoms with E-state index in [1.807, 2.05) is 12.1 Å². The predicted octanol–water partition coefficient (Wildman–Crippen LogP) is 1.41. The summed E-state index contributed by atoms with van der Waals surface area (Å²) in [5.41, 5.74) is 2.53. The second-order valence-corrected chi connectivity index (χ2v) is 4.47. The molecule has 1 aliphatic heterocycles. The number of likely N-dealkylation sites (N-methyl/N-ethyl adjacent to an activating group) is 1. The Morgan fingerprint density at radius 3 is 2.88 bits per heavy atom. The van der Waals surface area contributed by atoms with Gasteiger partial charge in [-0.25, -0.2) is 0 Å². The number of hydrogen-bond acceptors (Lipinski definition) is 3. The van der Waals surface area contributed by atoms with Crippen LogP contribution in [0.2, 0.25) is 0 Å². The lowest BCUT2D eigenvalue weighted by molar-refractivity contribution is -0.137. The molecule has 0 atom stereocenters. The van der Waals surface area contributed by atoms with Crippen LogP contribution in [0, 0.1) is 0 Å². The number of aliphatic carboxylic acids is 1. The Balaban J connectivity index is 2.09. The summed E-state index contributed by atoms with van der Waals surface area (Å²) in [6.45, 7) is 3.32. The summed E-state index contributed by atoms with van der Waals surface area (Å²) in [4.78, 5) is 15.0. The van der Waals surface area contributed by atoms with Crippen molar-refractivity contribution >= 4 is 11.7 Å². The Labute approximate surface area is 101 Å². The zero-order valence-corrected chi connectivity index (χ0v) is 10.1. The molecule has 1 aromatic carbocycles. The summed E-state index contributed by atoms with van der Waals surface area (Å²) in [6.07, 6.45) is 0.214. The normalized spacial score (nSPS) is 16.4. The van der Waals surface area contributed by atoms with Gasteiger partial charge < -0.3 is 10.0 Å². The summed E-state index contributed by atoms with van der Waals surface area (Å²) in [5.74, 6) is -0.726. The van der Waals surface area contributed by atoms with Crippen molar-refractivity contribution in [2.45, 2.75) is 13.0 Å². The van der Waals surface area contributed by atoms with Gasteiger partial charge in [-0.2, -0.15) is 0 Å². The molecular formula is C13H18N2O2. The van der Waals surface area contributed by atoms with E-state index in [-0.39, 0.29) is 6.42 Å². The van der Waals surface area contributed by atoms with E-state index in [1.165, 1.54) is 11.3 Å². The van der Waals surface area contributed by atoms with Crippen molar-refractivity contribution in [3.63, 3.8) is 0 Å². The molecule has 0 saturated carbocycles. The van der Waals surface area contributed by atoms with Gasteiger partial charge in [-0.05, 0) is 11.6 Å². The third-order valence-corrected chi connectivity index (χ3v) is 3.19. The first-order valence-corrected chi connectivity index (χ1v) is 5.90. The van der Waals surface area contributed by atoms with Gasteiger partial charge in [-0.1, -0.05) is 18.2 Å². The third-order valence-electron chi connectivity index (χ3n) is 3.19. The van der Waals surface area contributed by atoms with E-state index in [1.54, 1.807) is 0 Å². The van der Waals surface area contributed by atoms with Crippen LogP contribution in [0.1, 0.15) is 12.0 Å². The number of anilines is 1. The molecule has 0 radical (unpaired) electrons. The van der Waals surface area contributed by atoms with Crippen LogP contribution in [0.4, 0.5) is 5.69 Å². The molecule has 0 saturated heterocycles. The van der Waals surface area contributed by atoms with Crippen molar-refractivity contribution in [3.05, 3.63) is 29.8 Å². The number of nitrogens with zero attached hydrogens (tertiary/aromatic N) is 2. The number of carboxylic acids is 1. The van der Waals surface area contributed by atoms with E-state index in [4.69, 9.17) is 5.11 Å². The molecule has 0 bridgehead atoms. The summed E-state index contributed by atoms with van der Waals surface area (Å²) >= 11 is 0. The van der Waals surface area contributed by atoms with Gasteiger partial charge >= 0.3 is 5.97 Å². The maximum atomic E-state index is 10.6. The number of hydrogen-bond donors (Lipinski definition) is 1. The molecule has 1 aliphatic rings. The maximum absolute atomic E-state index is 10.6. The smallest absolute Gasteiger partial charge is 0.304 e. The molecule has 1 heterocycles. The van der Waals surface area contributed by atoms with Gasteiger partial charge in [0.25, 0.3) is 0 Å². The lowest BCUT2D eigenvalue weighted by Gasteiger charge is -2.19. The fraction of sp³-hybridized carbons (Fsp3) is 0.462. The van der Waals surface area contributed by atoms with Gasteiger partial charge in [0, 0.05) is 38.9 Å². The molecule has 4 nitrogen and oxygen atoms in total. The molecule has 0 unspecified atom stereocenters. The fourth-order valence-corrected chi connectivity index (χ4v) is 2.19. The van der Waals surface area contributed by atoms with Gasteiger partial charge in [-0.15, -0.1) is 0 Å². The third kappa shape index (κ3) is 2.97. The highest BCUT2D eigenvalue weighted by Gasteiger charge is 2.17. The first-order chi connectivity index (χ1) is 8.16. The van der Waals surface area contributed by atoms with E-state index < -0.39 is 5.97 Å². The van der Waals surface area contributed by atoms with Crippen LogP contribution in [-0.4, -0.2) is 42.7 Å².